The van der Waals surface area contributed by atoms with Crippen LogP contribution in [0.15, 0.2) is 6.07 Å². The van der Waals surface area contributed by atoms with Gasteiger partial charge in [0, 0.05) is 19.6 Å². The van der Waals surface area contributed by atoms with Crippen molar-refractivity contribution in [3.05, 3.63) is 17.5 Å². The lowest BCUT2D eigenvalue weighted by Crippen LogP contribution is -2.37. The molecule has 1 fully saturated rings. The highest BCUT2D eigenvalue weighted by atomic mass is 15.3. The second-order valence-electron chi connectivity index (χ2n) is 5.70. The third-order valence-corrected chi connectivity index (χ3v) is 4.04. The molecule has 1 aromatic rings. The first-order valence-corrected chi connectivity index (χ1v) is 7.67. The average molecular weight is 264 g/mol. The highest BCUT2D eigenvalue weighted by molar-refractivity contribution is 5.10. The smallest absolute Gasteiger partial charge is 0.0625 e. The van der Waals surface area contributed by atoms with Crippen molar-refractivity contribution in [2.75, 3.05) is 26.7 Å². The zero-order chi connectivity index (χ0) is 13.7. The first kappa shape index (κ1) is 14.5. The zero-order valence-electron chi connectivity index (χ0n) is 12.7. The summed E-state index contributed by atoms with van der Waals surface area (Å²) in [5, 5.41) is 8.21. The predicted octanol–water partition coefficient (Wildman–Crippen LogP) is 1.90. The van der Waals surface area contributed by atoms with E-state index in [1.54, 1.807) is 0 Å². The molecule has 1 aromatic heterocycles. The Hall–Kier alpha value is -0.870. The Labute approximate surface area is 117 Å². The van der Waals surface area contributed by atoms with Gasteiger partial charge in [0.05, 0.1) is 11.4 Å². The Balaban J connectivity index is 1.80. The summed E-state index contributed by atoms with van der Waals surface area (Å²) in [5.74, 6) is 0.808. The Morgan fingerprint density at radius 1 is 1.42 bits per heavy atom. The molecule has 0 aromatic carbocycles. The standard InChI is InChI=1S/C15H28N4/c1-4-14-9-15(19(5-2)17-14)11-16-10-13-7-6-8-18(3)12-13/h9,13,16H,4-8,10-12H2,1-3H3. The summed E-state index contributed by atoms with van der Waals surface area (Å²) in [6.07, 6.45) is 3.73. The van der Waals surface area contributed by atoms with Gasteiger partial charge in [-0.05, 0) is 58.3 Å². The molecule has 4 heteroatoms. The van der Waals surface area contributed by atoms with E-state index in [9.17, 15) is 0 Å². The molecule has 0 spiro atoms. The summed E-state index contributed by atoms with van der Waals surface area (Å²) in [5.41, 5.74) is 2.53. The number of aryl methyl sites for hydroxylation is 2. The molecule has 0 bridgehead atoms. The molecule has 108 valence electrons. The van der Waals surface area contributed by atoms with E-state index >= 15 is 0 Å². The molecule has 19 heavy (non-hydrogen) atoms. The largest absolute Gasteiger partial charge is 0.311 e. The summed E-state index contributed by atoms with van der Waals surface area (Å²) in [6, 6.07) is 2.24. The van der Waals surface area contributed by atoms with E-state index in [0.29, 0.717) is 0 Å². The van der Waals surface area contributed by atoms with E-state index in [-0.39, 0.29) is 0 Å². The van der Waals surface area contributed by atoms with Crippen LogP contribution in [0.3, 0.4) is 0 Å². The number of piperidine rings is 1. The van der Waals surface area contributed by atoms with E-state index in [2.05, 4.69) is 47.0 Å². The molecule has 0 aliphatic carbocycles. The van der Waals surface area contributed by atoms with Gasteiger partial charge in [0.25, 0.3) is 0 Å². The van der Waals surface area contributed by atoms with Crippen molar-refractivity contribution >= 4 is 0 Å². The summed E-state index contributed by atoms with van der Waals surface area (Å²) in [6.45, 7) is 9.85. The average Bonchev–Trinajstić information content (AvgIpc) is 2.81. The van der Waals surface area contributed by atoms with E-state index in [1.165, 1.54) is 37.3 Å². The van der Waals surface area contributed by atoms with Crippen LogP contribution in [0.25, 0.3) is 0 Å². The molecular weight excluding hydrogens is 236 g/mol. The molecule has 1 N–H and O–H groups in total. The first-order chi connectivity index (χ1) is 9.22. The summed E-state index contributed by atoms with van der Waals surface area (Å²) >= 11 is 0. The maximum atomic E-state index is 4.59. The van der Waals surface area contributed by atoms with Crippen molar-refractivity contribution in [1.82, 2.24) is 20.0 Å². The van der Waals surface area contributed by atoms with Crippen LogP contribution in [-0.2, 0) is 19.5 Å². The number of hydrogen-bond donors (Lipinski definition) is 1. The summed E-state index contributed by atoms with van der Waals surface area (Å²) in [4.78, 5) is 2.45. The highest BCUT2D eigenvalue weighted by Crippen LogP contribution is 2.14. The van der Waals surface area contributed by atoms with Gasteiger partial charge in [0.15, 0.2) is 0 Å². The van der Waals surface area contributed by atoms with Crippen molar-refractivity contribution in [1.29, 1.82) is 0 Å². The molecule has 2 heterocycles. The van der Waals surface area contributed by atoms with Gasteiger partial charge in [-0.1, -0.05) is 6.92 Å². The lowest BCUT2D eigenvalue weighted by atomic mass is 9.98. The number of hydrogen-bond acceptors (Lipinski definition) is 3. The number of aromatic nitrogens is 2. The van der Waals surface area contributed by atoms with Crippen LogP contribution in [-0.4, -0.2) is 41.4 Å². The van der Waals surface area contributed by atoms with Gasteiger partial charge >= 0.3 is 0 Å². The van der Waals surface area contributed by atoms with Crippen molar-refractivity contribution in [3.63, 3.8) is 0 Å². The van der Waals surface area contributed by atoms with Crippen LogP contribution in [0.5, 0.6) is 0 Å². The topological polar surface area (TPSA) is 33.1 Å². The normalized spacial score (nSPS) is 20.9. The third-order valence-electron chi connectivity index (χ3n) is 4.04. The third kappa shape index (κ3) is 4.05. The maximum Gasteiger partial charge on any atom is 0.0625 e. The number of nitrogens with one attached hydrogen (secondary N) is 1. The van der Waals surface area contributed by atoms with E-state index in [1.807, 2.05) is 0 Å². The van der Waals surface area contributed by atoms with Gasteiger partial charge in [0.1, 0.15) is 0 Å². The van der Waals surface area contributed by atoms with E-state index in [4.69, 9.17) is 0 Å². The summed E-state index contributed by atoms with van der Waals surface area (Å²) in [7, 11) is 2.23. The highest BCUT2D eigenvalue weighted by Gasteiger charge is 2.16. The fraction of sp³-hybridized carbons (Fsp3) is 0.800. The van der Waals surface area contributed by atoms with Gasteiger partial charge in [0.2, 0.25) is 0 Å². The minimum atomic E-state index is 0.808. The minimum absolute atomic E-state index is 0.808. The molecule has 1 atom stereocenters. The molecule has 1 aliphatic heterocycles. The fourth-order valence-corrected chi connectivity index (χ4v) is 2.95. The fourth-order valence-electron chi connectivity index (χ4n) is 2.95. The van der Waals surface area contributed by atoms with E-state index in [0.717, 1.165) is 32.0 Å². The Bertz CT molecular complexity index is 385. The van der Waals surface area contributed by atoms with Crippen LogP contribution in [0.1, 0.15) is 38.1 Å². The molecule has 0 radical (unpaired) electrons. The van der Waals surface area contributed by atoms with Crippen LogP contribution in [0.2, 0.25) is 0 Å². The molecule has 1 saturated heterocycles. The van der Waals surface area contributed by atoms with E-state index < -0.39 is 0 Å². The zero-order valence-corrected chi connectivity index (χ0v) is 12.7. The molecule has 2 rings (SSSR count). The van der Waals surface area contributed by atoms with Crippen molar-refractivity contribution in [2.24, 2.45) is 5.92 Å². The predicted molar refractivity (Wildman–Crippen MR) is 79.2 cm³/mol. The quantitative estimate of drug-likeness (QED) is 0.852. The Morgan fingerprint density at radius 3 is 2.95 bits per heavy atom. The van der Waals surface area contributed by atoms with Crippen molar-refractivity contribution < 1.29 is 0 Å². The number of likely N-dealkylation sites (tertiary alicyclic amines) is 1. The van der Waals surface area contributed by atoms with Crippen molar-refractivity contribution in [3.8, 4) is 0 Å². The van der Waals surface area contributed by atoms with Crippen LogP contribution in [0, 0.1) is 5.92 Å². The lowest BCUT2D eigenvalue weighted by Gasteiger charge is -2.29. The van der Waals surface area contributed by atoms with Gasteiger partial charge in [-0.15, -0.1) is 0 Å². The second kappa shape index (κ2) is 7.06. The first-order valence-electron chi connectivity index (χ1n) is 7.67. The molecule has 0 saturated carbocycles. The SMILES string of the molecule is CCc1cc(CNCC2CCCN(C)C2)n(CC)n1. The number of rotatable bonds is 6. The van der Waals surface area contributed by atoms with Gasteiger partial charge < -0.3 is 10.2 Å². The number of nitrogens with zero attached hydrogens (tertiary/aromatic N) is 3. The molecular formula is C15H28N4. The Morgan fingerprint density at radius 2 is 2.26 bits per heavy atom. The Kier molecular flexibility index (Phi) is 5.40. The van der Waals surface area contributed by atoms with Gasteiger partial charge in [-0.3, -0.25) is 4.68 Å². The lowest BCUT2D eigenvalue weighted by molar-refractivity contribution is 0.206. The minimum Gasteiger partial charge on any atom is -0.311 e. The molecule has 4 nitrogen and oxygen atoms in total. The summed E-state index contributed by atoms with van der Waals surface area (Å²) < 4.78 is 2.12. The van der Waals surface area contributed by atoms with Crippen LogP contribution in [0.4, 0.5) is 0 Å². The molecule has 1 aliphatic rings. The van der Waals surface area contributed by atoms with Crippen LogP contribution < -0.4 is 5.32 Å². The van der Waals surface area contributed by atoms with Gasteiger partial charge in [-0.25, -0.2) is 0 Å². The maximum absolute atomic E-state index is 4.59. The van der Waals surface area contributed by atoms with Crippen molar-refractivity contribution in [2.45, 2.75) is 46.2 Å². The second-order valence-corrected chi connectivity index (χ2v) is 5.70. The molecule has 0 amide bonds. The van der Waals surface area contributed by atoms with Gasteiger partial charge in [-0.2, -0.15) is 5.10 Å². The monoisotopic (exact) mass is 264 g/mol. The molecule has 1 unspecified atom stereocenters. The van der Waals surface area contributed by atoms with Crippen LogP contribution >= 0.6 is 0 Å².